The highest BCUT2D eigenvalue weighted by Gasteiger charge is 2.02. The molecule has 0 fully saturated rings. The molecule has 0 aliphatic heterocycles. The molecular weight excluding hydrogens is 196 g/mol. The van der Waals surface area contributed by atoms with Crippen LogP contribution < -0.4 is 11.1 Å². The van der Waals surface area contributed by atoms with Crippen molar-refractivity contribution in [3.8, 4) is 0 Å². The number of hydrogen-bond acceptors (Lipinski definition) is 3. The maximum Gasteiger partial charge on any atom is 0.303 e. The van der Waals surface area contributed by atoms with Gasteiger partial charge in [-0.3, -0.25) is 9.59 Å². The molecule has 0 saturated carbocycles. The number of amides is 1. The summed E-state index contributed by atoms with van der Waals surface area (Å²) in [6.45, 7) is 2.34. The summed E-state index contributed by atoms with van der Waals surface area (Å²) in [5, 5.41) is 11.0. The fourth-order valence-electron chi connectivity index (χ4n) is 1.14. The minimum atomic E-state index is -0.832. The molecule has 0 aromatic rings. The molecule has 5 heteroatoms. The average molecular weight is 216 g/mol. The summed E-state index contributed by atoms with van der Waals surface area (Å²) >= 11 is 0. The van der Waals surface area contributed by atoms with Crippen molar-refractivity contribution in [1.82, 2.24) is 5.32 Å². The molecule has 0 aliphatic rings. The number of carboxylic acids is 1. The van der Waals surface area contributed by atoms with Gasteiger partial charge in [0.25, 0.3) is 0 Å². The fourth-order valence-corrected chi connectivity index (χ4v) is 1.14. The van der Waals surface area contributed by atoms with E-state index >= 15 is 0 Å². The second kappa shape index (κ2) is 8.23. The van der Waals surface area contributed by atoms with E-state index in [1.807, 2.05) is 6.92 Å². The van der Waals surface area contributed by atoms with Crippen LogP contribution in [0, 0.1) is 0 Å². The third-order valence-electron chi connectivity index (χ3n) is 1.95. The Kier molecular flexibility index (Phi) is 7.62. The van der Waals surface area contributed by atoms with E-state index in [1.165, 1.54) is 0 Å². The Bertz CT molecular complexity index is 205. The highest BCUT2D eigenvalue weighted by atomic mass is 16.4. The third-order valence-corrected chi connectivity index (χ3v) is 1.95. The first-order chi connectivity index (χ1) is 7.02. The van der Waals surface area contributed by atoms with Crippen molar-refractivity contribution in [2.45, 2.75) is 45.1 Å². The summed E-state index contributed by atoms with van der Waals surface area (Å²) in [5.41, 5.74) is 5.54. The number of nitrogens with one attached hydrogen (secondary N) is 1. The van der Waals surface area contributed by atoms with Crippen molar-refractivity contribution < 1.29 is 14.7 Å². The second-order valence-corrected chi connectivity index (χ2v) is 3.72. The highest BCUT2D eigenvalue weighted by molar-refractivity contribution is 5.75. The van der Waals surface area contributed by atoms with Crippen LogP contribution in [0.25, 0.3) is 0 Å². The van der Waals surface area contributed by atoms with Crippen molar-refractivity contribution in [1.29, 1.82) is 0 Å². The summed E-state index contributed by atoms with van der Waals surface area (Å²) in [7, 11) is 0. The van der Waals surface area contributed by atoms with Crippen molar-refractivity contribution >= 4 is 11.9 Å². The summed E-state index contributed by atoms with van der Waals surface area (Å²) < 4.78 is 0. The molecule has 5 nitrogen and oxygen atoms in total. The maximum absolute atomic E-state index is 11.2. The molecule has 4 N–H and O–H groups in total. The summed E-state index contributed by atoms with van der Waals surface area (Å²) in [5.74, 6) is -0.859. The van der Waals surface area contributed by atoms with Crippen LogP contribution in [0.1, 0.15) is 39.0 Å². The Morgan fingerprint density at radius 3 is 2.53 bits per heavy atom. The molecule has 0 heterocycles. The quantitative estimate of drug-likeness (QED) is 0.515. The van der Waals surface area contributed by atoms with Crippen molar-refractivity contribution in [2.24, 2.45) is 5.73 Å². The normalized spacial score (nSPS) is 12.1. The molecule has 0 aromatic heterocycles. The topological polar surface area (TPSA) is 92.4 Å². The van der Waals surface area contributed by atoms with E-state index in [0.29, 0.717) is 19.4 Å². The van der Waals surface area contributed by atoms with Gasteiger partial charge in [-0.2, -0.15) is 0 Å². The van der Waals surface area contributed by atoms with Gasteiger partial charge in [-0.05, 0) is 26.2 Å². The van der Waals surface area contributed by atoms with Crippen LogP contribution in [-0.2, 0) is 9.59 Å². The highest BCUT2D eigenvalue weighted by Crippen LogP contribution is 1.98. The minimum absolute atomic E-state index is 0.0268. The van der Waals surface area contributed by atoms with Gasteiger partial charge in [0.15, 0.2) is 0 Å². The molecule has 0 aromatic carbocycles. The van der Waals surface area contributed by atoms with E-state index in [4.69, 9.17) is 10.8 Å². The van der Waals surface area contributed by atoms with Gasteiger partial charge in [0.05, 0.1) is 0 Å². The van der Waals surface area contributed by atoms with E-state index in [0.717, 1.165) is 12.8 Å². The van der Waals surface area contributed by atoms with Crippen molar-refractivity contribution in [3.63, 3.8) is 0 Å². The summed E-state index contributed by atoms with van der Waals surface area (Å²) in [4.78, 5) is 21.3. The van der Waals surface area contributed by atoms with Crippen LogP contribution in [0.5, 0.6) is 0 Å². The van der Waals surface area contributed by atoms with Crippen molar-refractivity contribution in [2.75, 3.05) is 6.54 Å². The van der Waals surface area contributed by atoms with Crippen LogP contribution in [0.15, 0.2) is 0 Å². The molecule has 0 radical (unpaired) electrons. The van der Waals surface area contributed by atoms with E-state index in [-0.39, 0.29) is 18.4 Å². The third kappa shape index (κ3) is 10.8. The molecule has 1 unspecified atom stereocenters. The van der Waals surface area contributed by atoms with Gasteiger partial charge in [-0.1, -0.05) is 0 Å². The Morgan fingerprint density at radius 1 is 1.33 bits per heavy atom. The Hall–Kier alpha value is -1.10. The molecule has 0 spiro atoms. The smallest absolute Gasteiger partial charge is 0.303 e. The zero-order valence-corrected chi connectivity index (χ0v) is 9.16. The molecule has 88 valence electrons. The lowest BCUT2D eigenvalue weighted by Gasteiger charge is -2.05. The van der Waals surface area contributed by atoms with Crippen LogP contribution >= 0.6 is 0 Å². The zero-order chi connectivity index (χ0) is 11.7. The number of rotatable bonds is 8. The Balaban J connectivity index is 3.30. The van der Waals surface area contributed by atoms with Crippen LogP contribution in [-0.4, -0.2) is 29.6 Å². The lowest BCUT2D eigenvalue weighted by atomic mass is 10.1. The number of carbonyl (C=O) groups is 2. The van der Waals surface area contributed by atoms with Gasteiger partial charge in [-0.15, -0.1) is 0 Å². The van der Waals surface area contributed by atoms with E-state index < -0.39 is 5.97 Å². The summed E-state index contributed by atoms with van der Waals surface area (Å²) in [6.07, 6.45) is 2.66. The van der Waals surface area contributed by atoms with Gasteiger partial charge in [0.1, 0.15) is 0 Å². The standard InChI is InChI=1S/C10H20N2O3/c1-8(11)4-2-5-9(13)12-7-3-6-10(14)15/h8H,2-7,11H2,1H3,(H,12,13)(H,14,15). The lowest BCUT2D eigenvalue weighted by Crippen LogP contribution is -2.25. The van der Waals surface area contributed by atoms with Gasteiger partial charge in [-0.25, -0.2) is 0 Å². The van der Waals surface area contributed by atoms with Gasteiger partial charge in [0.2, 0.25) is 5.91 Å². The first-order valence-electron chi connectivity index (χ1n) is 5.26. The Labute approximate surface area is 90.0 Å². The number of aliphatic carboxylic acids is 1. The average Bonchev–Trinajstić information content (AvgIpc) is 2.11. The van der Waals surface area contributed by atoms with Crippen LogP contribution in [0.4, 0.5) is 0 Å². The first kappa shape index (κ1) is 13.9. The molecule has 0 saturated heterocycles. The Morgan fingerprint density at radius 2 is 2.00 bits per heavy atom. The second-order valence-electron chi connectivity index (χ2n) is 3.72. The van der Waals surface area contributed by atoms with E-state index in [1.54, 1.807) is 0 Å². The molecule has 1 amide bonds. The number of carboxylic acid groups (broad SMARTS) is 1. The van der Waals surface area contributed by atoms with E-state index in [2.05, 4.69) is 5.32 Å². The van der Waals surface area contributed by atoms with Gasteiger partial charge < -0.3 is 16.2 Å². The van der Waals surface area contributed by atoms with Gasteiger partial charge >= 0.3 is 5.97 Å². The maximum atomic E-state index is 11.2. The molecule has 1 atom stereocenters. The number of carbonyl (C=O) groups excluding carboxylic acids is 1. The number of nitrogens with two attached hydrogens (primary N) is 1. The van der Waals surface area contributed by atoms with Crippen LogP contribution in [0.3, 0.4) is 0 Å². The monoisotopic (exact) mass is 216 g/mol. The minimum Gasteiger partial charge on any atom is -0.481 e. The molecular formula is C10H20N2O3. The largest absolute Gasteiger partial charge is 0.481 e. The first-order valence-corrected chi connectivity index (χ1v) is 5.26. The number of hydrogen-bond donors (Lipinski definition) is 3. The lowest BCUT2D eigenvalue weighted by molar-refractivity contribution is -0.137. The summed E-state index contributed by atoms with van der Waals surface area (Å²) in [6, 6.07) is 0.129. The fraction of sp³-hybridized carbons (Fsp3) is 0.800. The van der Waals surface area contributed by atoms with Gasteiger partial charge in [0, 0.05) is 25.4 Å². The van der Waals surface area contributed by atoms with Crippen molar-refractivity contribution in [3.05, 3.63) is 0 Å². The predicted molar refractivity (Wildman–Crippen MR) is 57.4 cm³/mol. The zero-order valence-electron chi connectivity index (χ0n) is 9.16. The molecule has 0 bridgehead atoms. The molecule has 0 aliphatic carbocycles. The molecule has 15 heavy (non-hydrogen) atoms. The van der Waals surface area contributed by atoms with E-state index in [9.17, 15) is 9.59 Å². The van der Waals surface area contributed by atoms with Crippen LogP contribution in [0.2, 0.25) is 0 Å². The SMILES string of the molecule is CC(N)CCCC(=O)NCCCC(=O)O. The predicted octanol–water partition coefficient (Wildman–Crippen LogP) is 0.485. The molecule has 0 rings (SSSR count).